The predicted octanol–water partition coefficient (Wildman–Crippen LogP) is 2.43. The summed E-state index contributed by atoms with van der Waals surface area (Å²) in [7, 11) is 0. The lowest BCUT2D eigenvalue weighted by atomic mass is 10.4. The molecule has 1 aromatic rings. The highest BCUT2D eigenvalue weighted by atomic mass is 35.5. The van der Waals surface area contributed by atoms with Crippen LogP contribution in [0.25, 0.3) is 0 Å². The molecule has 0 aromatic carbocycles. The molecule has 0 saturated heterocycles. The number of nitrogens with zero attached hydrogens (tertiary/aromatic N) is 2. The monoisotopic (exact) mass is 158 g/mol. The van der Waals surface area contributed by atoms with Crippen LogP contribution in [0.4, 0.5) is 0 Å². The number of imidazole rings is 1. The van der Waals surface area contributed by atoms with Gasteiger partial charge in [0.1, 0.15) is 11.0 Å². The van der Waals surface area contributed by atoms with E-state index in [1.165, 1.54) is 0 Å². The Kier molecular flexibility index (Phi) is 2.00. The van der Waals surface area contributed by atoms with Crippen LogP contribution in [0.3, 0.4) is 0 Å². The minimum atomic E-state index is 0.444. The first-order valence-electron chi connectivity index (χ1n) is 3.32. The second kappa shape index (κ2) is 2.62. The normalized spacial score (nSPS) is 10.9. The van der Waals surface area contributed by atoms with Crippen LogP contribution < -0.4 is 0 Å². The molecule has 1 rings (SSSR count). The molecule has 0 fully saturated rings. The van der Waals surface area contributed by atoms with Crippen LogP contribution in [-0.2, 0) is 0 Å². The van der Waals surface area contributed by atoms with Gasteiger partial charge in [0, 0.05) is 12.2 Å². The summed E-state index contributed by atoms with van der Waals surface area (Å²) in [6, 6.07) is 0.444. The number of aryl methyl sites for hydroxylation is 1. The van der Waals surface area contributed by atoms with Crippen molar-refractivity contribution in [3.63, 3.8) is 0 Å². The molecule has 0 radical (unpaired) electrons. The fourth-order valence-electron chi connectivity index (χ4n) is 0.972. The molecule has 10 heavy (non-hydrogen) atoms. The van der Waals surface area contributed by atoms with Crippen LogP contribution in [0.5, 0.6) is 0 Å². The van der Waals surface area contributed by atoms with E-state index < -0.39 is 0 Å². The van der Waals surface area contributed by atoms with Gasteiger partial charge >= 0.3 is 0 Å². The summed E-state index contributed by atoms with van der Waals surface area (Å²) >= 11 is 5.68. The number of rotatable bonds is 1. The third-order valence-corrected chi connectivity index (χ3v) is 1.63. The summed E-state index contributed by atoms with van der Waals surface area (Å²) in [6.45, 7) is 6.15. The van der Waals surface area contributed by atoms with E-state index in [0.29, 0.717) is 11.2 Å². The SMILES string of the molecule is Cc1nc(Cl)cn1C(C)C. The second-order valence-electron chi connectivity index (χ2n) is 2.61. The van der Waals surface area contributed by atoms with Crippen molar-refractivity contribution in [3.8, 4) is 0 Å². The second-order valence-corrected chi connectivity index (χ2v) is 3.00. The maximum atomic E-state index is 5.68. The van der Waals surface area contributed by atoms with Gasteiger partial charge in [-0.15, -0.1) is 0 Å². The molecule has 2 nitrogen and oxygen atoms in total. The minimum Gasteiger partial charge on any atom is -0.331 e. The van der Waals surface area contributed by atoms with Gasteiger partial charge in [0.25, 0.3) is 0 Å². The number of halogens is 1. The largest absolute Gasteiger partial charge is 0.331 e. The van der Waals surface area contributed by atoms with E-state index in [1.54, 1.807) is 0 Å². The molecule has 0 aliphatic carbocycles. The van der Waals surface area contributed by atoms with E-state index >= 15 is 0 Å². The molecular formula is C7H11ClN2. The van der Waals surface area contributed by atoms with Crippen molar-refractivity contribution >= 4 is 11.6 Å². The van der Waals surface area contributed by atoms with Crippen LogP contribution in [0.2, 0.25) is 5.15 Å². The van der Waals surface area contributed by atoms with Gasteiger partial charge in [0.05, 0.1) is 0 Å². The molecule has 0 aliphatic rings. The molecule has 56 valence electrons. The van der Waals surface area contributed by atoms with E-state index in [0.717, 1.165) is 5.82 Å². The Morgan fingerprint density at radius 3 is 2.40 bits per heavy atom. The average Bonchev–Trinajstić information content (AvgIpc) is 2.10. The van der Waals surface area contributed by atoms with Crippen molar-refractivity contribution in [2.75, 3.05) is 0 Å². The molecule has 0 N–H and O–H groups in total. The van der Waals surface area contributed by atoms with E-state index in [9.17, 15) is 0 Å². The van der Waals surface area contributed by atoms with Crippen LogP contribution in [0.1, 0.15) is 25.7 Å². The molecule has 0 aliphatic heterocycles. The van der Waals surface area contributed by atoms with Gasteiger partial charge < -0.3 is 4.57 Å². The van der Waals surface area contributed by atoms with Crippen molar-refractivity contribution in [2.24, 2.45) is 0 Å². The van der Waals surface area contributed by atoms with Gasteiger partial charge in [-0.2, -0.15) is 0 Å². The van der Waals surface area contributed by atoms with Crippen molar-refractivity contribution in [2.45, 2.75) is 26.8 Å². The first-order chi connectivity index (χ1) is 4.61. The zero-order chi connectivity index (χ0) is 7.72. The van der Waals surface area contributed by atoms with Crippen molar-refractivity contribution in [1.29, 1.82) is 0 Å². The summed E-state index contributed by atoms with van der Waals surface area (Å²) < 4.78 is 2.04. The van der Waals surface area contributed by atoms with Crippen molar-refractivity contribution < 1.29 is 0 Å². The minimum absolute atomic E-state index is 0.444. The highest BCUT2D eigenvalue weighted by molar-refractivity contribution is 6.29. The Bertz CT molecular complexity index is 228. The average molecular weight is 159 g/mol. The number of hydrogen-bond acceptors (Lipinski definition) is 1. The lowest BCUT2D eigenvalue weighted by Crippen LogP contribution is -2.00. The standard InChI is InChI=1S/C7H11ClN2/c1-5(2)10-4-7(8)9-6(10)3/h4-5H,1-3H3. The zero-order valence-corrected chi connectivity index (χ0v) is 7.18. The third kappa shape index (κ3) is 1.32. The fourth-order valence-corrected chi connectivity index (χ4v) is 1.20. The lowest BCUT2D eigenvalue weighted by molar-refractivity contribution is 0.582. The summed E-state index contributed by atoms with van der Waals surface area (Å²) in [5, 5.41) is 0.575. The first-order valence-corrected chi connectivity index (χ1v) is 3.70. The molecule has 0 bridgehead atoms. The molecule has 0 atom stereocenters. The first kappa shape index (κ1) is 7.61. The molecular weight excluding hydrogens is 148 g/mol. The van der Waals surface area contributed by atoms with Crippen molar-refractivity contribution in [1.82, 2.24) is 9.55 Å². The van der Waals surface area contributed by atoms with Crippen LogP contribution in [-0.4, -0.2) is 9.55 Å². The van der Waals surface area contributed by atoms with Crippen LogP contribution in [0, 0.1) is 6.92 Å². The summed E-state index contributed by atoms with van der Waals surface area (Å²) in [5.41, 5.74) is 0. The third-order valence-electron chi connectivity index (χ3n) is 1.44. The maximum Gasteiger partial charge on any atom is 0.147 e. The molecule has 0 unspecified atom stereocenters. The van der Waals surface area contributed by atoms with Crippen LogP contribution in [0.15, 0.2) is 6.20 Å². The Morgan fingerprint density at radius 1 is 1.60 bits per heavy atom. The van der Waals surface area contributed by atoms with Crippen LogP contribution >= 0.6 is 11.6 Å². The maximum absolute atomic E-state index is 5.68. The molecule has 0 amide bonds. The van der Waals surface area contributed by atoms with Crippen molar-refractivity contribution in [3.05, 3.63) is 17.2 Å². The summed E-state index contributed by atoms with van der Waals surface area (Å²) in [5.74, 6) is 0.972. The molecule has 1 heterocycles. The Labute approximate surface area is 65.8 Å². The Morgan fingerprint density at radius 2 is 2.20 bits per heavy atom. The highest BCUT2D eigenvalue weighted by Crippen LogP contribution is 2.13. The Hall–Kier alpha value is -0.500. The summed E-state index contributed by atoms with van der Waals surface area (Å²) in [4.78, 5) is 4.06. The quantitative estimate of drug-likeness (QED) is 0.614. The van der Waals surface area contributed by atoms with E-state index in [4.69, 9.17) is 11.6 Å². The summed E-state index contributed by atoms with van der Waals surface area (Å²) in [6.07, 6.45) is 1.85. The van der Waals surface area contributed by atoms with E-state index in [1.807, 2.05) is 17.7 Å². The lowest BCUT2D eigenvalue weighted by Gasteiger charge is -2.06. The van der Waals surface area contributed by atoms with Gasteiger partial charge in [-0.3, -0.25) is 0 Å². The molecule has 0 spiro atoms. The van der Waals surface area contributed by atoms with Gasteiger partial charge in [0.15, 0.2) is 0 Å². The zero-order valence-electron chi connectivity index (χ0n) is 6.43. The van der Waals surface area contributed by atoms with Gasteiger partial charge in [0.2, 0.25) is 0 Å². The van der Waals surface area contributed by atoms with Gasteiger partial charge in [-0.1, -0.05) is 11.6 Å². The van der Waals surface area contributed by atoms with Gasteiger partial charge in [-0.25, -0.2) is 4.98 Å². The Balaban J connectivity index is 3.03. The topological polar surface area (TPSA) is 17.8 Å². The smallest absolute Gasteiger partial charge is 0.147 e. The predicted molar refractivity (Wildman–Crippen MR) is 42.4 cm³/mol. The van der Waals surface area contributed by atoms with Gasteiger partial charge in [-0.05, 0) is 20.8 Å². The number of hydrogen-bond donors (Lipinski definition) is 0. The molecule has 1 aromatic heterocycles. The highest BCUT2D eigenvalue weighted by Gasteiger charge is 2.03. The van der Waals surface area contributed by atoms with E-state index in [2.05, 4.69) is 18.8 Å². The van der Waals surface area contributed by atoms with E-state index in [-0.39, 0.29) is 0 Å². The fraction of sp³-hybridized carbons (Fsp3) is 0.571. The molecule has 0 saturated carbocycles. The number of aromatic nitrogens is 2. The molecule has 3 heteroatoms.